The van der Waals surface area contributed by atoms with Crippen LogP contribution in [0.1, 0.15) is 64.6 Å². The number of hydrogen-bond acceptors (Lipinski definition) is 8. The summed E-state index contributed by atoms with van der Waals surface area (Å²) in [7, 11) is 0. The molecule has 0 bridgehead atoms. The van der Waals surface area contributed by atoms with E-state index in [1.54, 1.807) is 31.2 Å². The van der Waals surface area contributed by atoms with Crippen molar-refractivity contribution in [2.75, 3.05) is 36.9 Å². The number of aromatic nitrogens is 2. The smallest absolute Gasteiger partial charge is 0.345 e. The van der Waals surface area contributed by atoms with E-state index in [4.69, 9.17) is 9.47 Å². The Morgan fingerprint density at radius 1 is 0.818 bits per heavy atom. The van der Waals surface area contributed by atoms with Crippen LogP contribution < -0.4 is 26.8 Å². The van der Waals surface area contributed by atoms with E-state index in [1.165, 1.54) is 12.1 Å². The van der Waals surface area contributed by atoms with Crippen molar-refractivity contribution in [1.29, 1.82) is 0 Å². The van der Waals surface area contributed by atoms with Gasteiger partial charge >= 0.3 is 24.0 Å². The Morgan fingerprint density at radius 3 is 1.84 bits per heavy atom. The second-order valence-corrected chi connectivity index (χ2v) is 11.1. The van der Waals surface area contributed by atoms with E-state index in [0.717, 1.165) is 25.7 Å². The molecular formula is C31H44N6O7. The van der Waals surface area contributed by atoms with Crippen LogP contribution in [0.3, 0.4) is 0 Å². The predicted octanol–water partition coefficient (Wildman–Crippen LogP) is 4.36. The van der Waals surface area contributed by atoms with Crippen molar-refractivity contribution in [2.24, 2.45) is 11.8 Å². The largest absolute Gasteiger partial charge is 0.462 e. The van der Waals surface area contributed by atoms with E-state index in [-0.39, 0.29) is 48.2 Å². The summed E-state index contributed by atoms with van der Waals surface area (Å²) in [5.74, 6) is -1.17. The molecule has 13 nitrogen and oxygen atoms in total. The Morgan fingerprint density at radius 2 is 1.34 bits per heavy atom. The Kier molecular flexibility index (Phi) is 15.2. The number of aryl methyl sites for hydroxylation is 1. The number of carbonyl (C=O) groups excluding carboxylic acids is 4. The van der Waals surface area contributed by atoms with Crippen LogP contribution in [0.15, 0.2) is 40.7 Å². The minimum atomic E-state index is -0.745. The summed E-state index contributed by atoms with van der Waals surface area (Å²) in [5.41, 5.74) is 1.09. The van der Waals surface area contributed by atoms with Gasteiger partial charge in [0.25, 0.3) is 5.56 Å². The zero-order valence-electron chi connectivity index (χ0n) is 26.1. The van der Waals surface area contributed by atoms with Crippen LogP contribution in [0.4, 0.5) is 21.2 Å². The van der Waals surface area contributed by atoms with Gasteiger partial charge in [0.05, 0.1) is 13.2 Å². The van der Waals surface area contributed by atoms with E-state index >= 15 is 0 Å². The Balaban J connectivity index is 1.71. The van der Waals surface area contributed by atoms with Crippen LogP contribution in [0.25, 0.3) is 6.08 Å². The van der Waals surface area contributed by atoms with E-state index in [1.807, 2.05) is 27.7 Å². The second kappa shape index (κ2) is 18.8. The molecule has 0 aliphatic rings. The Bertz CT molecular complexity index is 1310. The zero-order chi connectivity index (χ0) is 32.5. The first-order chi connectivity index (χ1) is 20.9. The topological polar surface area (TPSA) is 181 Å². The molecule has 5 N–H and O–H groups in total. The number of benzene rings is 1. The van der Waals surface area contributed by atoms with Crippen LogP contribution in [-0.2, 0) is 19.1 Å². The van der Waals surface area contributed by atoms with Crippen molar-refractivity contribution in [3.8, 4) is 0 Å². The van der Waals surface area contributed by atoms with E-state index in [0.29, 0.717) is 30.0 Å². The van der Waals surface area contributed by atoms with Crippen molar-refractivity contribution in [2.45, 2.75) is 60.3 Å². The molecule has 0 saturated carbocycles. The first kappa shape index (κ1) is 35.5. The number of amides is 4. The normalized spacial score (nSPS) is 10.6. The summed E-state index contributed by atoms with van der Waals surface area (Å²) >= 11 is 0. The molecule has 1 heterocycles. The standard InChI is InChI=1S/C31H44N6O7/c1-20(2)18-43-27(39)25(28(40)44-19-21(3)4)17-23-10-12-24(13-11-23)35-30(41)32-14-8-6-7-9-15-33-31(42)37-29-34-22(5)16-26(38)36-29/h10-13,16-17,20-21H,6-9,14-15,18-19H2,1-5H3,(H2,32,35,41)(H3,33,34,36,37,38,42). The van der Waals surface area contributed by atoms with Crippen LogP contribution in [0.2, 0.25) is 0 Å². The molecule has 0 radical (unpaired) electrons. The number of ether oxygens (including phenoxy) is 2. The van der Waals surface area contributed by atoms with Gasteiger partial charge in [0.1, 0.15) is 5.57 Å². The molecule has 1 aromatic carbocycles. The van der Waals surface area contributed by atoms with Gasteiger partial charge in [-0.2, -0.15) is 0 Å². The van der Waals surface area contributed by atoms with Gasteiger partial charge in [0.2, 0.25) is 5.95 Å². The highest BCUT2D eigenvalue weighted by Crippen LogP contribution is 2.15. The van der Waals surface area contributed by atoms with Gasteiger partial charge in [0, 0.05) is 30.5 Å². The highest BCUT2D eigenvalue weighted by Gasteiger charge is 2.22. The first-order valence-corrected chi connectivity index (χ1v) is 14.8. The maximum atomic E-state index is 12.6. The summed E-state index contributed by atoms with van der Waals surface area (Å²) < 4.78 is 10.5. The number of nitrogens with one attached hydrogen (secondary N) is 5. The summed E-state index contributed by atoms with van der Waals surface area (Å²) in [6.07, 6.45) is 4.65. The molecule has 0 aliphatic carbocycles. The number of unbranched alkanes of at least 4 members (excludes halogenated alkanes) is 3. The lowest BCUT2D eigenvalue weighted by molar-refractivity contribution is -0.148. The number of aromatic amines is 1. The Hall–Kier alpha value is -4.68. The summed E-state index contributed by atoms with van der Waals surface area (Å²) in [6, 6.07) is 7.20. The fourth-order valence-corrected chi connectivity index (χ4v) is 3.64. The van der Waals surface area contributed by atoms with Crippen LogP contribution in [0.5, 0.6) is 0 Å². The van der Waals surface area contributed by atoms with Crippen molar-refractivity contribution in [3.63, 3.8) is 0 Å². The van der Waals surface area contributed by atoms with Crippen molar-refractivity contribution in [3.05, 3.63) is 57.5 Å². The maximum Gasteiger partial charge on any atom is 0.345 e. The number of carbonyl (C=O) groups is 4. The molecular weight excluding hydrogens is 568 g/mol. The van der Waals surface area contributed by atoms with Gasteiger partial charge in [0.15, 0.2) is 0 Å². The fourth-order valence-electron chi connectivity index (χ4n) is 3.64. The lowest BCUT2D eigenvalue weighted by Crippen LogP contribution is -2.31. The van der Waals surface area contributed by atoms with Crippen molar-refractivity contribution >= 4 is 41.7 Å². The number of urea groups is 2. The van der Waals surface area contributed by atoms with Gasteiger partial charge in [-0.05, 0) is 55.4 Å². The van der Waals surface area contributed by atoms with E-state index in [9.17, 15) is 24.0 Å². The molecule has 0 aliphatic heterocycles. The first-order valence-electron chi connectivity index (χ1n) is 14.8. The number of hydrogen-bond donors (Lipinski definition) is 5. The van der Waals surface area contributed by atoms with E-state index < -0.39 is 18.0 Å². The Labute approximate surface area is 257 Å². The minimum Gasteiger partial charge on any atom is -0.462 e. The average Bonchev–Trinajstić information content (AvgIpc) is 2.95. The van der Waals surface area contributed by atoms with Crippen molar-refractivity contribution in [1.82, 2.24) is 20.6 Å². The number of nitrogens with zero attached hydrogens (tertiary/aromatic N) is 1. The molecule has 2 rings (SSSR count). The summed E-state index contributed by atoms with van der Waals surface area (Å²) in [5, 5.41) is 10.7. The zero-order valence-corrected chi connectivity index (χ0v) is 26.1. The third-order valence-electron chi connectivity index (χ3n) is 5.79. The van der Waals surface area contributed by atoms with Crippen molar-refractivity contribution < 1.29 is 28.7 Å². The molecule has 240 valence electrons. The molecule has 2 aromatic rings. The number of esters is 2. The third kappa shape index (κ3) is 14.5. The molecule has 0 atom stereocenters. The highest BCUT2D eigenvalue weighted by molar-refractivity contribution is 6.17. The molecule has 0 saturated heterocycles. The molecule has 13 heteroatoms. The lowest BCUT2D eigenvalue weighted by atomic mass is 10.1. The van der Waals surface area contributed by atoms with Gasteiger partial charge < -0.3 is 25.4 Å². The molecule has 44 heavy (non-hydrogen) atoms. The lowest BCUT2D eigenvalue weighted by Gasteiger charge is -2.12. The highest BCUT2D eigenvalue weighted by atomic mass is 16.6. The third-order valence-corrected chi connectivity index (χ3v) is 5.79. The molecule has 0 unspecified atom stereocenters. The quantitative estimate of drug-likeness (QED) is 0.0609. The summed E-state index contributed by atoms with van der Waals surface area (Å²) in [6.45, 7) is 10.6. The second-order valence-electron chi connectivity index (χ2n) is 11.1. The van der Waals surface area contributed by atoms with Gasteiger partial charge in [-0.15, -0.1) is 0 Å². The molecule has 0 spiro atoms. The van der Waals surface area contributed by atoms with Gasteiger partial charge in [-0.1, -0.05) is 52.7 Å². The van der Waals surface area contributed by atoms with Crippen LogP contribution in [-0.4, -0.2) is 60.3 Å². The number of H-pyrrole nitrogens is 1. The molecule has 4 amide bonds. The predicted molar refractivity (Wildman–Crippen MR) is 168 cm³/mol. The summed E-state index contributed by atoms with van der Waals surface area (Å²) in [4.78, 5) is 67.3. The molecule has 0 fully saturated rings. The number of anilines is 2. The maximum absolute atomic E-state index is 12.6. The molecule has 1 aromatic heterocycles. The monoisotopic (exact) mass is 612 g/mol. The average molecular weight is 613 g/mol. The fraction of sp³-hybridized carbons (Fsp3) is 0.484. The van der Waals surface area contributed by atoms with Gasteiger partial charge in [-0.3, -0.25) is 15.1 Å². The van der Waals surface area contributed by atoms with Crippen LogP contribution in [0, 0.1) is 18.8 Å². The number of rotatable bonds is 16. The van der Waals surface area contributed by atoms with Gasteiger partial charge in [-0.25, -0.2) is 24.2 Å². The van der Waals surface area contributed by atoms with E-state index in [2.05, 4.69) is 31.2 Å². The minimum absolute atomic E-state index is 0.0944. The van der Waals surface area contributed by atoms with Crippen LogP contribution >= 0.6 is 0 Å². The SMILES string of the molecule is Cc1cc(=O)[nH]c(NC(=O)NCCCCCCNC(=O)Nc2ccc(C=C(C(=O)OCC(C)C)C(=O)OCC(C)C)cc2)n1.